The van der Waals surface area contributed by atoms with Gasteiger partial charge in [0.25, 0.3) is 0 Å². The van der Waals surface area contributed by atoms with E-state index in [-0.39, 0.29) is 6.61 Å². The SMILES string of the molecule is COc1cc(CNC2CC2)ccc1OCCCCCCO. The molecule has 1 aliphatic rings. The van der Waals surface area contributed by atoms with E-state index in [1.54, 1.807) is 7.11 Å². The Morgan fingerprint density at radius 3 is 2.67 bits per heavy atom. The first-order valence-electron chi connectivity index (χ1n) is 7.97. The van der Waals surface area contributed by atoms with Crippen molar-refractivity contribution in [3.05, 3.63) is 23.8 Å². The molecule has 2 N–H and O–H groups in total. The minimum Gasteiger partial charge on any atom is -0.493 e. The summed E-state index contributed by atoms with van der Waals surface area (Å²) in [6, 6.07) is 6.86. The quantitative estimate of drug-likeness (QED) is 0.616. The Labute approximate surface area is 127 Å². The summed E-state index contributed by atoms with van der Waals surface area (Å²) in [6.45, 7) is 1.87. The number of nitrogens with one attached hydrogen (secondary N) is 1. The average Bonchev–Trinajstić information content (AvgIpc) is 3.33. The van der Waals surface area contributed by atoms with Crippen molar-refractivity contribution < 1.29 is 14.6 Å². The van der Waals surface area contributed by atoms with E-state index in [9.17, 15) is 0 Å². The highest BCUT2D eigenvalue weighted by molar-refractivity contribution is 5.43. The van der Waals surface area contributed by atoms with Crippen molar-refractivity contribution in [2.75, 3.05) is 20.3 Å². The van der Waals surface area contributed by atoms with Gasteiger partial charge in [-0.2, -0.15) is 0 Å². The maximum Gasteiger partial charge on any atom is 0.161 e. The predicted molar refractivity (Wildman–Crippen MR) is 83.9 cm³/mol. The Bertz CT molecular complexity index is 418. The monoisotopic (exact) mass is 293 g/mol. The second kappa shape index (κ2) is 8.90. The molecule has 1 fully saturated rings. The molecule has 0 unspecified atom stereocenters. The molecule has 21 heavy (non-hydrogen) atoms. The molecule has 0 aliphatic heterocycles. The van der Waals surface area contributed by atoms with Gasteiger partial charge in [0.05, 0.1) is 13.7 Å². The zero-order chi connectivity index (χ0) is 14.9. The van der Waals surface area contributed by atoms with Gasteiger partial charge in [-0.25, -0.2) is 0 Å². The highest BCUT2D eigenvalue weighted by atomic mass is 16.5. The van der Waals surface area contributed by atoms with Crippen LogP contribution in [0.3, 0.4) is 0 Å². The molecule has 4 nitrogen and oxygen atoms in total. The lowest BCUT2D eigenvalue weighted by atomic mass is 10.2. The molecule has 0 radical (unpaired) electrons. The Morgan fingerprint density at radius 1 is 1.14 bits per heavy atom. The first kappa shape index (κ1) is 16.1. The normalized spacial score (nSPS) is 14.2. The third kappa shape index (κ3) is 5.94. The van der Waals surface area contributed by atoms with Gasteiger partial charge in [0, 0.05) is 19.2 Å². The number of benzene rings is 1. The highest BCUT2D eigenvalue weighted by Crippen LogP contribution is 2.29. The van der Waals surface area contributed by atoms with Crippen LogP contribution in [0.4, 0.5) is 0 Å². The van der Waals surface area contributed by atoms with E-state index < -0.39 is 0 Å². The summed E-state index contributed by atoms with van der Waals surface area (Å²) in [5.74, 6) is 1.62. The fourth-order valence-corrected chi connectivity index (χ4v) is 2.24. The lowest BCUT2D eigenvalue weighted by Gasteiger charge is -2.12. The molecular formula is C17H27NO3. The first-order valence-corrected chi connectivity index (χ1v) is 7.97. The second-order valence-electron chi connectivity index (χ2n) is 5.63. The van der Waals surface area contributed by atoms with Gasteiger partial charge in [0.1, 0.15) is 0 Å². The first-order chi connectivity index (χ1) is 10.3. The largest absolute Gasteiger partial charge is 0.493 e. The summed E-state index contributed by atoms with van der Waals surface area (Å²) >= 11 is 0. The Kier molecular flexibility index (Phi) is 6.83. The number of hydrogen-bond acceptors (Lipinski definition) is 4. The van der Waals surface area contributed by atoms with Crippen LogP contribution in [-0.4, -0.2) is 31.5 Å². The van der Waals surface area contributed by atoms with Gasteiger partial charge < -0.3 is 19.9 Å². The van der Waals surface area contributed by atoms with Crippen LogP contribution in [0.25, 0.3) is 0 Å². The fourth-order valence-electron chi connectivity index (χ4n) is 2.24. The van der Waals surface area contributed by atoms with Gasteiger partial charge in [-0.05, 0) is 49.8 Å². The molecule has 0 saturated heterocycles. The zero-order valence-electron chi connectivity index (χ0n) is 12.9. The van der Waals surface area contributed by atoms with Crippen LogP contribution >= 0.6 is 0 Å². The summed E-state index contributed by atoms with van der Waals surface area (Å²) < 4.78 is 11.2. The Hall–Kier alpha value is -1.26. The van der Waals surface area contributed by atoms with Crippen molar-refractivity contribution in [3.63, 3.8) is 0 Å². The number of aliphatic hydroxyl groups excluding tert-OH is 1. The van der Waals surface area contributed by atoms with Crippen LogP contribution in [0.1, 0.15) is 44.1 Å². The summed E-state index contributed by atoms with van der Waals surface area (Å²) in [6.07, 6.45) is 6.64. The summed E-state index contributed by atoms with van der Waals surface area (Å²) in [7, 11) is 1.68. The summed E-state index contributed by atoms with van der Waals surface area (Å²) in [5.41, 5.74) is 1.23. The maximum atomic E-state index is 8.72. The summed E-state index contributed by atoms with van der Waals surface area (Å²) in [5, 5.41) is 12.2. The van der Waals surface area contributed by atoms with Gasteiger partial charge >= 0.3 is 0 Å². The lowest BCUT2D eigenvalue weighted by Crippen LogP contribution is -2.15. The van der Waals surface area contributed by atoms with Gasteiger partial charge in [-0.15, -0.1) is 0 Å². The van der Waals surface area contributed by atoms with Crippen LogP contribution in [-0.2, 0) is 6.54 Å². The zero-order valence-corrected chi connectivity index (χ0v) is 12.9. The van der Waals surface area contributed by atoms with Crippen LogP contribution in [0.2, 0.25) is 0 Å². The molecule has 0 aromatic heterocycles. The molecule has 0 atom stereocenters. The number of aliphatic hydroxyl groups is 1. The van der Waals surface area contributed by atoms with E-state index in [4.69, 9.17) is 14.6 Å². The van der Waals surface area contributed by atoms with E-state index in [0.29, 0.717) is 12.6 Å². The van der Waals surface area contributed by atoms with Crippen molar-refractivity contribution in [1.82, 2.24) is 5.32 Å². The molecule has 4 heteroatoms. The molecule has 1 saturated carbocycles. The number of hydrogen-bond donors (Lipinski definition) is 2. The molecule has 0 spiro atoms. The standard InChI is InChI=1S/C17H27NO3/c1-20-17-12-14(13-18-15-7-8-15)6-9-16(17)21-11-5-3-2-4-10-19/h6,9,12,15,18-19H,2-5,7-8,10-11,13H2,1H3. The smallest absolute Gasteiger partial charge is 0.161 e. The number of ether oxygens (including phenoxy) is 2. The molecule has 1 aromatic rings. The number of unbranched alkanes of at least 4 members (excludes halogenated alkanes) is 3. The summed E-state index contributed by atoms with van der Waals surface area (Å²) in [4.78, 5) is 0. The second-order valence-corrected chi connectivity index (χ2v) is 5.63. The minimum atomic E-state index is 0.283. The third-order valence-corrected chi connectivity index (χ3v) is 3.71. The highest BCUT2D eigenvalue weighted by Gasteiger charge is 2.20. The molecule has 1 aliphatic carbocycles. The van der Waals surface area contributed by atoms with Gasteiger partial charge in [-0.1, -0.05) is 12.5 Å². The van der Waals surface area contributed by atoms with Gasteiger partial charge in [-0.3, -0.25) is 0 Å². The maximum absolute atomic E-state index is 8.72. The van der Waals surface area contributed by atoms with E-state index in [1.165, 1.54) is 18.4 Å². The van der Waals surface area contributed by atoms with Crippen LogP contribution in [0.5, 0.6) is 11.5 Å². The van der Waals surface area contributed by atoms with Gasteiger partial charge in [0.15, 0.2) is 11.5 Å². The van der Waals surface area contributed by atoms with Gasteiger partial charge in [0.2, 0.25) is 0 Å². The molecule has 0 amide bonds. The molecule has 2 rings (SSSR count). The predicted octanol–water partition coefficient (Wildman–Crippen LogP) is 2.88. The van der Waals surface area contributed by atoms with Crippen molar-refractivity contribution in [2.45, 2.75) is 51.1 Å². The lowest BCUT2D eigenvalue weighted by molar-refractivity contribution is 0.268. The molecule has 0 heterocycles. The van der Waals surface area contributed by atoms with Crippen LogP contribution in [0, 0.1) is 0 Å². The topological polar surface area (TPSA) is 50.7 Å². The Morgan fingerprint density at radius 2 is 1.95 bits per heavy atom. The fraction of sp³-hybridized carbons (Fsp3) is 0.647. The number of methoxy groups -OCH3 is 1. The third-order valence-electron chi connectivity index (χ3n) is 3.71. The van der Waals surface area contributed by atoms with E-state index in [0.717, 1.165) is 43.7 Å². The van der Waals surface area contributed by atoms with Crippen LogP contribution < -0.4 is 14.8 Å². The average molecular weight is 293 g/mol. The van der Waals surface area contributed by atoms with E-state index in [1.807, 2.05) is 6.07 Å². The molecular weight excluding hydrogens is 266 g/mol. The van der Waals surface area contributed by atoms with Crippen molar-refractivity contribution >= 4 is 0 Å². The molecule has 0 bridgehead atoms. The van der Waals surface area contributed by atoms with Crippen molar-refractivity contribution in [2.24, 2.45) is 0 Å². The van der Waals surface area contributed by atoms with Crippen LogP contribution in [0.15, 0.2) is 18.2 Å². The van der Waals surface area contributed by atoms with Crippen molar-refractivity contribution in [1.29, 1.82) is 0 Å². The Balaban J connectivity index is 1.75. The minimum absolute atomic E-state index is 0.283. The van der Waals surface area contributed by atoms with E-state index >= 15 is 0 Å². The molecule has 1 aromatic carbocycles. The number of rotatable bonds is 11. The van der Waals surface area contributed by atoms with Crippen molar-refractivity contribution in [3.8, 4) is 11.5 Å². The van der Waals surface area contributed by atoms with E-state index in [2.05, 4.69) is 17.4 Å². The molecule has 118 valence electrons.